The van der Waals surface area contributed by atoms with Crippen LogP contribution in [0.25, 0.3) is 0 Å². The fourth-order valence-electron chi connectivity index (χ4n) is 3.22. The fourth-order valence-corrected chi connectivity index (χ4v) is 3.22. The highest BCUT2D eigenvalue weighted by atomic mass is 16.5. The van der Waals surface area contributed by atoms with E-state index in [1.165, 1.54) is 0 Å². The van der Waals surface area contributed by atoms with Gasteiger partial charge >= 0.3 is 6.03 Å². The first kappa shape index (κ1) is 19.5. The van der Waals surface area contributed by atoms with Gasteiger partial charge in [0.15, 0.2) is 11.5 Å². The summed E-state index contributed by atoms with van der Waals surface area (Å²) in [5.74, 6) is 0.895. The van der Waals surface area contributed by atoms with Crippen molar-refractivity contribution in [3.63, 3.8) is 0 Å². The number of urea groups is 1. The lowest BCUT2D eigenvalue weighted by atomic mass is 10.1. The molecule has 0 unspecified atom stereocenters. The van der Waals surface area contributed by atoms with Gasteiger partial charge in [0.25, 0.3) is 5.91 Å². The van der Waals surface area contributed by atoms with E-state index in [0.717, 1.165) is 16.7 Å². The zero-order valence-electron chi connectivity index (χ0n) is 16.3. The van der Waals surface area contributed by atoms with Crippen molar-refractivity contribution in [2.45, 2.75) is 25.7 Å². The van der Waals surface area contributed by atoms with E-state index in [1.54, 1.807) is 0 Å². The third-order valence-corrected chi connectivity index (χ3v) is 4.78. The maximum atomic E-state index is 11.9. The largest absolute Gasteiger partial charge is 0.485 e. The Morgan fingerprint density at radius 1 is 0.700 bits per heavy atom. The summed E-state index contributed by atoms with van der Waals surface area (Å²) < 4.78 is 12.1. The Kier molecular flexibility index (Phi) is 5.94. The van der Waals surface area contributed by atoms with Crippen molar-refractivity contribution in [1.82, 2.24) is 10.6 Å². The standard InChI is InChI=1S/C24H22N2O4/c27-23-20(25-24(28)26-23)13-19-11-12-21(29-15-17-7-3-1-4-8-17)22(14-19)30-16-18-9-5-2-6-10-18/h1-12,14,20H,13,15-16H2,(H2,25,26,27,28)/t20-/m0/s1. The van der Waals surface area contributed by atoms with Crippen LogP contribution in [0.15, 0.2) is 78.9 Å². The number of ether oxygens (including phenoxy) is 2. The number of hydrogen-bond acceptors (Lipinski definition) is 4. The molecule has 6 nitrogen and oxygen atoms in total. The smallest absolute Gasteiger partial charge is 0.322 e. The van der Waals surface area contributed by atoms with Crippen LogP contribution in [0, 0.1) is 0 Å². The van der Waals surface area contributed by atoms with Gasteiger partial charge < -0.3 is 14.8 Å². The molecule has 0 radical (unpaired) electrons. The van der Waals surface area contributed by atoms with Gasteiger partial charge in [-0.3, -0.25) is 10.1 Å². The van der Waals surface area contributed by atoms with Gasteiger partial charge in [0.05, 0.1) is 0 Å². The zero-order chi connectivity index (χ0) is 20.8. The summed E-state index contributed by atoms with van der Waals surface area (Å²) in [6.45, 7) is 0.815. The van der Waals surface area contributed by atoms with E-state index in [2.05, 4.69) is 10.6 Å². The molecule has 3 aromatic carbocycles. The molecule has 0 saturated carbocycles. The average molecular weight is 402 g/mol. The summed E-state index contributed by atoms with van der Waals surface area (Å²) >= 11 is 0. The van der Waals surface area contributed by atoms with E-state index in [9.17, 15) is 9.59 Å². The minimum atomic E-state index is -0.587. The summed E-state index contributed by atoms with van der Waals surface area (Å²) in [6.07, 6.45) is 0.373. The third-order valence-electron chi connectivity index (χ3n) is 4.78. The average Bonchev–Trinajstić information content (AvgIpc) is 3.09. The second-order valence-electron chi connectivity index (χ2n) is 7.05. The molecule has 3 aromatic rings. The molecule has 30 heavy (non-hydrogen) atoms. The fraction of sp³-hybridized carbons (Fsp3) is 0.167. The van der Waals surface area contributed by atoms with Crippen LogP contribution >= 0.6 is 0 Å². The van der Waals surface area contributed by atoms with Crippen molar-refractivity contribution in [3.8, 4) is 11.5 Å². The van der Waals surface area contributed by atoms with Crippen molar-refractivity contribution in [2.24, 2.45) is 0 Å². The molecule has 0 aromatic heterocycles. The molecule has 3 amide bonds. The van der Waals surface area contributed by atoms with Crippen LogP contribution in [0.3, 0.4) is 0 Å². The number of amides is 3. The number of benzene rings is 3. The lowest BCUT2D eigenvalue weighted by Gasteiger charge is -2.15. The molecule has 0 bridgehead atoms. The molecule has 1 heterocycles. The number of imide groups is 1. The van der Waals surface area contributed by atoms with Crippen molar-refractivity contribution >= 4 is 11.9 Å². The van der Waals surface area contributed by atoms with Gasteiger partial charge in [0.2, 0.25) is 0 Å². The number of nitrogens with one attached hydrogen (secondary N) is 2. The minimum absolute atomic E-state index is 0.323. The maximum Gasteiger partial charge on any atom is 0.322 e. The molecular weight excluding hydrogens is 380 g/mol. The maximum absolute atomic E-state index is 11.9. The summed E-state index contributed by atoms with van der Waals surface area (Å²) in [7, 11) is 0. The van der Waals surface area contributed by atoms with Gasteiger partial charge in [-0.2, -0.15) is 0 Å². The van der Waals surface area contributed by atoms with Crippen LogP contribution in [0.1, 0.15) is 16.7 Å². The molecule has 0 aliphatic carbocycles. The topological polar surface area (TPSA) is 76.7 Å². The molecule has 1 aliphatic rings. The normalized spacial score (nSPS) is 15.4. The van der Waals surface area contributed by atoms with Crippen molar-refractivity contribution in [1.29, 1.82) is 0 Å². The van der Waals surface area contributed by atoms with Crippen molar-refractivity contribution in [3.05, 3.63) is 95.6 Å². The van der Waals surface area contributed by atoms with Crippen LogP contribution in [-0.4, -0.2) is 18.0 Å². The van der Waals surface area contributed by atoms with E-state index in [0.29, 0.717) is 31.1 Å². The van der Waals surface area contributed by atoms with Gasteiger partial charge in [0.1, 0.15) is 19.3 Å². The first-order valence-electron chi connectivity index (χ1n) is 9.75. The Labute approximate surface area is 174 Å². The molecule has 152 valence electrons. The molecule has 4 rings (SSSR count). The molecule has 2 N–H and O–H groups in total. The second-order valence-corrected chi connectivity index (χ2v) is 7.05. The van der Waals surface area contributed by atoms with E-state index >= 15 is 0 Å². The van der Waals surface area contributed by atoms with Crippen molar-refractivity contribution < 1.29 is 19.1 Å². The molecule has 6 heteroatoms. The number of carbonyl (C=O) groups is 2. The lowest BCUT2D eigenvalue weighted by molar-refractivity contribution is -0.120. The van der Waals surface area contributed by atoms with E-state index < -0.39 is 12.1 Å². The monoisotopic (exact) mass is 402 g/mol. The molecular formula is C24H22N2O4. The van der Waals surface area contributed by atoms with E-state index in [1.807, 2.05) is 78.9 Å². The SMILES string of the molecule is O=C1NC(=O)[C@H](Cc2ccc(OCc3ccccc3)c(OCc3ccccc3)c2)N1. The first-order chi connectivity index (χ1) is 14.7. The third kappa shape index (κ3) is 4.97. The number of rotatable bonds is 8. The van der Waals surface area contributed by atoms with Gasteiger partial charge in [-0.1, -0.05) is 66.7 Å². The highest BCUT2D eigenvalue weighted by Crippen LogP contribution is 2.30. The highest BCUT2D eigenvalue weighted by molar-refractivity contribution is 6.04. The molecule has 1 fully saturated rings. The quantitative estimate of drug-likeness (QED) is 0.565. The summed E-state index contributed by atoms with van der Waals surface area (Å²) in [6, 6.07) is 24.3. The summed E-state index contributed by atoms with van der Waals surface area (Å²) in [5, 5.41) is 4.87. The Morgan fingerprint density at radius 3 is 1.87 bits per heavy atom. The highest BCUT2D eigenvalue weighted by Gasteiger charge is 2.29. The summed E-state index contributed by atoms with van der Waals surface area (Å²) in [4.78, 5) is 23.2. The Hall–Kier alpha value is -3.80. The number of hydrogen-bond donors (Lipinski definition) is 2. The van der Waals surface area contributed by atoms with Gasteiger partial charge in [0, 0.05) is 6.42 Å². The number of carbonyl (C=O) groups excluding carboxylic acids is 2. The Balaban J connectivity index is 1.51. The van der Waals surface area contributed by atoms with Crippen LogP contribution in [0.2, 0.25) is 0 Å². The zero-order valence-corrected chi connectivity index (χ0v) is 16.3. The van der Waals surface area contributed by atoms with Crippen LogP contribution < -0.4 is 20.1 Å². The van der Waals surface area contributed by atoms with E-state index in [-0.39, 0.29) is 5.91 Å². The van der Waals surface area contributed by atoms with Crippen LogP contribution in [0.5, 0.6) is 11.5 Å². The predicted molar refractivity (Wildman–Crippen MR) is 112 cm³/mol. The predicted octanol–water partition coefficient (Wildman–Crippen LogP) is 3.60. The van der Waals surface area contributed by atoms with Gasteiger partial charge in [-0.25, -0.2) is 4.79 Å². The van der Waals surface area contributed by atoms with Crippen LogP contribution in [-0.2, 0) is 24.4 Å². The summed E-state index contributed by atoms with van der Waals surface area (Å²) in [5.41, 5.74) is 2.97. The molecule has 1 aliphatic heterocycles. The second kappa shape index (κ2) is 9.13. The lowest BCUT2D eigenvalue weighted by Crippen LogP contribution is -2.31. The van der Waals surface area contributed by atoms with Gasteiger partial charge in [-0.15, -0.1) is 0 Å². The molecule has 0 spiro atoms. The minimum Gasteiger partial charge on any atom is -0.485 e. The first-order valence-corrected chi connectivity index (χ1v) is 9.75. The Bertz CT molecular complexity index is 1020. The van der Waals surface area contributed by atoms with Gasteiger partial charge in [-0.05, 0) is 28.8 Å². The van der Waals surface area contributed by atoms with E-state index in [4.69, 9.17) is 9.47 Å². The Morgan fingerprint density at radius 2 is 1.30 bits per heavy atom. The molecule has 1 atom stereocenters. The van der Waals surface area contributed by atoms with Crippen molar-refractivity contribution in [2.75, 3.05) is 0 Å². The van der Waals surface area contributed by atoms with Crippen LogP contribution in [0.4, 0.5) is 4.79 Å². The molecule has 1 saturated heterocycles.